The predicted molar refractivity (Wildman–Crippen MR) is 117 cm³/mol. The van der Waals surface area contributed by atoms with E-state index in [-0.39, 0.29) is 34.5 Å². The van der Waals surface area contributed by atoms with Crippen LogP contribution in [0, 0.1) is 0 Å². The van der Waals surface area contributed by atoms with E-state index in [4.69, 9.17) is 0 Å². The van der Waals surface area contributed by atoms with Gasteiger partial charge in [0.15, 0.2) is 0 Å². The molecule has 0 unspecified atom stereocenters. The third-order valence-corrected chi connectivity index (χ3v) is 5.26. The van der Waals surface area contributed by atoms with Gasteiger partial charge in [-0.2, -0.15) is 0 Å². The van der Waals surface area contributed by atoms with Gasteiger partial charge in [-0.05, 0) is 25.0 Å². The van der Waals surface area contributed by atoms with Crippen molar-refractivity contribution >= 4 is 37.6 Å². The molecule has 156 valence electrons. The highest BCUT2D eigenvalue weighted by Gasteiger charge is 2.24. The molecule has 0 aliphatic heterocycles. The quantitative estimate of drug-likeness (QED) is 0.275. The molecule has 2 atom stereocenters. The van der Waals surface area contributed by atoms with Crippen molar-refractivity contribution in [2.75, 3.05) is 0 Å². The van der Waals surface area contributed by atoms with E-state index >= 15 is 0 Å². The summed E-state index contributed by atoms with van der Waals surface area (Å²) in [5.74, 6) is -0.451. The number of aliphatic imine (C=N–C) groups is 2. The van der Waals surface area contributed by atoms with Gasteiger partial charge in [-0.15, -0.1) is 0 Å². The maximum Gasteiger partial charge on any atom is 0.492 e. The Morgan fingerprint density at radius 2 is 1.10 bits per heavy atom. The first-order chi connectivity index (χ1) is 14.4. The molecule has 8 nitrogen and oxygen atoms in total. The van der Waals surface area contributed by atoms with E-state index in [1.807, 2.05) is 0 Å². The van der Waals surface area contributed by atoms with Gasteiger partial charge in [0.2, 0.25) is 0 Å². The van der Waals surface area contributed by atoms with Crippen molar-refractivity contribution in [2.24, 2.45) is 9.98 Å². The number of hydrogen-bond acceptors (Lipinski definition) is 8. The first kappa shape index (κ1) is 22.0. The number of para-hydroxylation sites is 2. The lowest BCUT2D eigenvalue weighted by atomic mass is 9.78. The molecule has 1 aliphatic rings. The van der Waals surface area contributed by atoms with Gasteiger partial charge in [0.05, 0.1) is 12.1 Å². The molecule has 1 saturated carbocycles. The number of phenolic OH excluding ortho intramolecular Hbond substituents is 2. The van der Waals surface area contributed by atoms with Crippen LogP contribution in [0.5, 0.6) is 11.5 Å². The second-order valence-electron chi connectivity index (χ2n) is 7.29. The maximum absolute atomic E-state index is 10.2. The van der Waals surface area contributed by atoms with Crippen molar-refractivity contribution in [1.82, 2.24) is 0 Å². The lowest BCUT2D eigenvalue weighted by Crippen LogP contribution is -2.31. The fourth-order valence-corrected chi connectivity index (χ4v) is 3.58. The molecule has 1 fully saturated rings. The summed E-state index contributed by atoms with van der Waals surface area (Å²) in [7, 11) is -3.54. The van der Waals surface area contributed by atoms with Crippen LogP contribution in [0.25, 0.3) is 0 Å². The van der Waals surface area contributed by atoms with Crippen LogP contribution < -0.4 is 10.9 Å². The molecular weight excluding hydrogens is 386 g/mol. The fraction of sp³-hybridized carbons (Fsp3) is 0.300. The molecule has 2 aromatic carbocycles. The summed E-state index contributed by atoms with van der Waals surface area (Å²) in [5.41, 5.74) is 0.796. The van der Waals surface area contributed by atoms with Crippen molar-refractivity contribution in [1.29, 1.82) is 0 Å². The van der Waals surface area contributed by atoms with Gasteiger partial charge in [-0.25, -0.2) is 0 Å². The Hall–Kier alpha value is -2.65. The summed E-state index contributed by atoms with van der Waals surface area (Å²) < 4.78 is 0. The summed E-state index contributed by atoms with van der Waals surface area (Å²) in [6, 6.07) is 9.07. The van der Waals surface area contributed by atoms with Crippen molar-refractivity contribution in [3.63, 3.8) is 0 Å². The van der Waals surface area contributed by atoms with Crippen LogP contribution in [0.15, 0.2) is 46.4 Å². The van der Waals surface area contributed by atoms with Crippen LogP contribution in [-0.4, -0.2) is 69.1 Å². The first-order valence-corrected chi connectivity index (χ1v) is 9.81. The molecule has 10 heteroatoms. The molecule has 3 rings (SSSR count). The number of nitrogens with zero attached hydrogens (tertiary/aromatic N) is 2. The molecular formula is C20H24B2N2O6. The molecule has 30 heavy (non-hydrogen) atoms. The topological polar surface area (TPSA) is 146 Å². The van der Waals surface area contributed by atoms with Crippen molar-refractivity contribution in [2.45, 2.75) is 37.8 Å². The number of benzene rings is 2. The van der Waals surface area contributed by atoms with Crippen molar-refractivity contribution in [3.05, 3.63) is 47.5 Å². The Balaban J connectivity index is 1.80. The SMILES string of the molecule is OB(O)c1cccc(C=N[C@@H]2CCCC[C@H]2N=Cc2cccc(B(O)O)c2O)c1O. The van der Waals surface area contributed by atoms with Crippen LogP contribution in [0.4, 0.5) is 0 Å². The summed E-state index contributed by atoms with van der Waals surface area (Å²) in [6.45, 7) is 0. The highest BCUT2D eigenvalue weighted by molar-refractivity contribution is 6.60. The minimum Gasteiger partial charge on any atom is -0.508 e. The van der Waals surface area contributed by atoms with Crippen LogP contribution in [0.1, 0.15) is 36.8 Å². The van der Waals surface area contributed by atoms with E-state index in [0.29, 0.717) is 11.1 Å². The van der Waals surface area contributed by atoms with Crippen LogP contribution in [-0.2, 0) is 0 Å². The van der Waals surface area contributed by atoms with Crippen LogP contribution in [0.3, 0.4) is 0 Å². The second kappa shape index (κ2) is 9.90. The zero-order chi connectivity index (χ0) is 21.7. The average Bonchev–Trinajstić information content (AvgIpc) is 2.72. The minimum absolute atomic E-state index is 0.0126. The maximum atomic E-state index is 10.2. The van der Waals surface area contributed by atoms with E-state index in [1.54, 1.807) is 24.3 Å². The lowest BCUT2D eigenvalue weighted by Gasteiger charge is -2.25. The van der Waals surface area contributed by atoms with Crippen molar-refractivity contribution < 1.29 is 30.3 Å². The number of phenols is 2. The Labute approximate surface area is 175 Å². The molecule has 0 saturated heterocycles. The highest BCUT2D eigenvalue weighted by atomic mass is 16.4. The first-order valence-electron chi connectivity index (χ1n) is 9.81. The third-order valence-electron chi connectivity index (χ3n) is 5.26. The van der Waals surface area contributed by atoms with E-state index in [0.717, 1.165) is 25.7 Å². The number of rotatable bonds is 6. The van der Waals surface area contributed by atoms with Gasteiger partial charge < -0.3 is 30.3 Å². The molecule has 0 radical (unpaired) electrons. The van der Waals surface area contributed by atoms with Gasteiger partial charge in [0.25, 0.3) is 0 Å². The van der Waals surface area contributed by atoms with E-state index in [2.05, 4.69) is 9.98 Å². The lowest BCUT2D eigenvalue weighted by molar-refractivity contribution is 0.390. The van der Waals surface area contributed by atoms with Gasteiger partial charge in [-0.3, -0.25) is 9.98 Å². The van der Waals surface area contributed by atoms with Gasteiger partial charge in [-0.1, -0.05) is 37.1 Å². The Kier molecular flexibility index (Phi) is 7.28. The molecule has 1 aliphatic carbocycles. The molecule has 6 N–H and O–H groups in total. The summed E-state index contributed by atoms with van der Waals surface area (Å²) in [5, 5.41) is 57.7. The summed E-state index contributed by atoms with van der Waals surface area (Å²) in [6.07, 6.45) is 6.63. The van der Waals surface area contributed by atoms with E-state index in [1.165, 1.54) is 24.6 Å². The molecule has 0 amide bonds. The zero-order valence-corrected chi connectivity index (χ0v) is 16.3. The summed E-state index contributed by atoms with van der Waals surface area (Å²) >= 11 is 0. The fourth-order valence-electron chi connectivity index (χ4n) is 3.58. The summed E-state index contributed by atoms with van der Waals surface area (Å²) in [4.78, 5) is 9.14. The third kappa shape index (κ3) is 5.09. The minimum atomic E-state index is -1.77. The van der Waals surface area contributed by atoms with Crippen molar-refractivity contribution in [3.8, 4) is 11.5 Å². The van der Waals surface area contributed by atoms with Crippen LogP contribution >= 0.6 is 0 Å². The van der Waals surface area contributed by atoms with Gasteiger partial charge in [0, 0.05) is 34.5 Å². The molecule has 0 spiro atoms. The highest BCUT2D eigenvalue weighted by Crippen LogP contribution is 2.25. The Morgan fingerprint density at radius 3 is 1.47 bits per heavy atom. The van der Waals surface area contributed by atoms with Gasteiger partial charge in [0.1, 0.15) is 11.5 Å². The zero-order valence-electron chi connectivity index (χ0n) is 16.3. The van der Waals surface area contributed by atoms with Crippen LogP contribution in [0.2, 0.25) is 0 Å². The molecule has 0 bridgehead atoms. The smallest absolute Gasteiger partial charge is 0.492 e. The van der Waals surface area contributed by atoms with Gasteiger partial charge >= 0.3 is 14.2 Å². The standard InChI is InChI=1S/C20H24B2N2O6/c25-19-13(5-3-7-15(19)21(27)28)11-23-17-9-1-2-10-18(17)24-12-14-6-4-8-16(20(14)26)22(29)30/h3-8,11-12,17-18,25-30H,1-2,9-10H2/t17-,18-/m1/s1. The molecule has 0 heterocycles. The Bertz CT molecular complexity index is 860. The van der Waals surface area contributed by atoms with E-state index in [9.17, 15) is 30.3 Å². The average molecular weight is 410 g/mol. The number of aromatic hydroxyl groups is 2. The predicted octanol–water partition coefficient (Wildman–Crippen LogP) is -0.693. The largest absolute Gasteiger partial charge is 0.508 e. The molecule has 2 aromatic rings. The molecule has 0 aromatic heterocycles. The second-order valence-corrected chi connectivity index (χ2v) is 7.29. The normalized spacial score (nSPS) is 19.5. The Morgan fingerprint density at radius 1 is 0.700 bits per heavy atom. The monoisotopic (exact) mass is 410 g/mol. The van der Waals surface area contributed by atoms with E-state index < -0.39 is 14.2 Å². The number of hydrogen-bond donors (Lipinski definition) is 6.